The van der Waals surface area contributed by atoms with Crippen LogP contribution in [-0.2, 0) is 26.0 Å². The van der Waals surface area contributed by atoms with Crippen molar-refractivity contribution in [1.29, 1.82) is 0 Å². The number of ether oxygens (including phenoxy) is 1. The number of nitrogens with one attached hydrogen (secondary N) is 1. The smallest absolute Gasteiger partial charge is 0.335 e. The molecule has 0 saturated carbocycles. The third-order valence-corrected chi connectivity index (χ3v) is 4.49. The maximum atomic E-state index is 12.3. The van der Waals surface area contributed by atoms with Crippen LogP contribution in [-0.4, -0.2) is 38.6 Å². The van der Waals surface area contributed by atoms with Gasteiger partial charge in [0.15, 0.2) is 0 Å². The maximum absolute atomic E-state index is 12.3. The van der Waals surface area contributed by atoms with Crippen LogP contribution in [0.25, 0.3) is 0 Å². The van der Waals surface area contributed by atoms with Crippen LogP contribution in [0.1, 0.15) is 29.8 Å². The summed E-state index contributed by atoms with van der Waals surface area (Å²) in [6, 6.07) is 2.79. The van der Waals surface area contributed by atoms with Gasteiger partial charge in [0.05, 0.1) is 17.6 Å². The summed E-state index contributed by atoms with van der Waals surface area (Å²) < 4.78 is 31.2. The molecule has 0 amide bonds. The van der Waals surface area contributed by atoms with E-state index in [1.165, 1.54) is 19.1 Å². The van der Waals surface area contributed by atoms with E-state index < -0.39 is 28.0 Å². The van der Waals surface area contributed by atoms with Gasteiger partial charge < -0.3 is 9.84 Å². The van der Waals surface area contributed by atoms with Gasteiger partial charge in [0.25, 0.3) is 0 Å². The molecule has 0 spiro atoms. The van der Waals surface area contributed by atoms with E-state index in [4.69, 9.17) is 5.11 Å². The number of carbonyl (C=O) groups is 2. The highest BCUT2D eigenvalue weighted by atomic mass is 32.2. The lowest BCUT2D eigenvalue weighted by Gasteiger charge is -2.14. The number of hydrogen-bond acceptors (Lipinski definition) is 5. The fourth-order valence-electron chi connectivity index (χ4n) is 1.75. The zero-order valence-electron chi connectivity index (χ0n) is 11.9. The first-order valence-electron chi connectivity index (χ1n) is 6.19. The van der Waals surface area contributed by atoms with Gasteiger partial charge in [-0.15, -0.1) is 0 Å². The average molecular weight is 315 g/mol. The van der Waals surface area contributed by atoms with Gasteiger partial charge in [-0.1, -0.05) is 13.0 Å². The molecule has 0 bridgehead atoms. The summed E-state index contributed by atoms with van der Waals surface area (Å²) in [6.45, 7) is 3.09. The van der Waals surface area contributed by atoms with Crippen molar-refractivity contribution in [3.8, 4) is 0 Å². The van der Waals surface area contributed by atoms with Gasteiger partial charge in [0.1, 0.15) is 6.04 Å². The number of carboxylic acids is 1. The largest absolute Gasteiger partial charge is 0.478 e. The van der Waals surface area contributed by atoms with Gasteiger partial charge in [-0.05, 0) is 31.0 Å². The molecular formula is C13H17NO6S. The van der Waals surface area contributed by atoms with Crippen molar-refractivity contribution >= 4 is 22.0 Å². The van der Waals surface area contributed by atoms with Crippen LogP contribution in [0.15, 0.2) is 23.1 Å². The second kappa shape index (κ2) is 6.68. The van der Waals surface area contributed by atoms with E-state index in [2.05, 4.69) is 9.46 Å². The number of hydrogen-bond donors (Lipinski definition) is 2. The number of benzene rings is 1. The predicted molar refractivity (Wildman–Crippen MR) is 74.6 cm³/mol. The minimum atomic E-state index is -4.03. The third kappa shape index (κ3) is 4.02. The molecule has 1 aromatic rings. The molecule has 7 nitrogen and oxygen atoms in total. The Morgan fingerprint density at radius 3 is 2.48 bits per heavy atom. The second-order valence-electron chi connectivity index (χ2n) is 4.35. The molecule has 116 valence electrons. The molecule has 0 aromatic heterocycles. The summed E-state index contributed by atoms with van der Waals surface area (Å²) >= 11 is 0. The molecule has 0 heterocycles. The van der Waals surface area contributed by atoms with Gasteiger partial charge in [0.2, 0.25) is 10.0 Å². The van der Waals surface area contributed by atoms with Crippen LogP contribution >= 0.6 is 0 Å². The van der Waals surface area contributed by atoms with Crippen LogP contribution in [0, 0.1) is 0 Å². The van der Waals surface area contributed by atoms with Gasteiger partial charge in [-0.2, -0.15) is 4.72 Å². The van der Waals surface area contributed by atoms with Crippen molar-refractivity contribution in [2.45, 2.75) is 31.2 Å². The molecule has 1 unspecified atom stereocenters. The van der Waals surface area contributed by atoms with E-state index >= 15 is 0 Å². The summed E-state index contributed by atoms with van der Waals surface area (Å²) in [5.74, 6) is -1.96. The molecular weight excluding hydrogens is 298 g/mol. The fourth-order valence-corrected chi connectivity index (χ4v) is 3.28. The van der Waals surface area contributed by atoms with E-state index in [1.54, 1.807) is 6.92 Å². The van der Waals surface area contributed by atoms with E-state index in [1.807, 2.05) is 0 Å². The fraction of sp³-hybridized carbons (Fsp3) is 0.385. The topological polar surface area (TPSA) is 110 Å². The number of carboxylic acid groups (broad SMARTS) is 1. The Morgan fingerprint density at radius 2 is 2.00 bits per heavy atom. The molecule has 21 heavy (non-hydrogen) atoms. The van der Waals surface area contributed by atoms with E-state index in [0.717, 1.165) is 13.2 Å². The molecule has 0 aliphatic carbocycles. The molecule has 8 heteroatoms. The van der Waals surface area contributed by atoms with Crippen molar-refractivity contribution in [1.82, 2.24) is 4.72 Å². The van der Waals surface area contributed by atoms with Crippen LogP contribution < -0.4 is 4.72 Å². The highest BCUT2D eigenvalue weighted by molar-refractivity contribution is 7.89. The number of aryl methyl sites for hydroxylation is 1. The lowest BCUT2D eigenvalue weighted by Crippen LogP contribution is -2.39. The van der Waals surface area contributed by atoms with Crippen molar-refractivity contribution in [2.75, 3.05) is 7.11 Å². The number of methoxy groups -OCH3 is 1. The SMILES string of the molecule is CCc1ccc(C(=O)O)cc1S(=O)(=O)NC(C)C(=O)OC. The van der Waals surface area contributed by atoms with Crippen molar-refractivity contribution < 1.29 is 27.9 Å². The first-order chi connectivity index (χ1) is 9.72. The molecule has 0 aliphatic heterocycles. The Morgan fingerprint density at radius 1 is 1.38 bits per heavy atom. The number of sulfonamides is 1. The molecule has 0 fully saturated rings. The number of carbonyl (C=O) groups excluding carboxylic acids is 1. The molecule has 1 rings (SSSR count). The Hall–Kier alpha value is -1.93. The number of rotatable bonds is 6. The van der Waals surface area contributed by atoms with Gasteiger partial charge in [0, 0.05) is 0 Å². The first-order valence-corrected chi connectivity index (χ1v) is 7.67. The monoisotopic (exact) mass is 315 g/mol. The normalized spacial score (nSPS) is 12.7. The van der Waals surface area contributed by atoms with Crippen LogP contribution in [0.2, 0.25) is 0 Å². The molecule has 0 saturated heterocycles. The maximum Gasteiger partial charge on any atom is 0.335 e. The summed E-state index contributed by atoms with van der Waals surface area (Å²) in [5.41, 5.74) is 0.322. The standard InChI is InChI=1S/C13H17NO6S/c1-4-9-5-6-10(12(15)16)7-11(9)21(18,19)14-8(2)13(17)20-3/h5-8,14H,4H2,1-3H3,(H,15,16). The van der Waals surface area contributed by atoms with Crippen LogP contribution in [0.4, 0.5) is 0 Å². The Kier molecular flexibility index (Phi) is 5.45. The predicted octanol–water partition coefficient (Wildman–Crippen LogP) is 0.787. The lowest BCUT2D eigenvalue weighted by molar-refractivity contribution is -0.142. The first kappa shape index (κ1) is 17.1. The lowest BCUT2D eigenvalue weighted by atomic mass is 10.1. The number of esters is 1. The van der Waals surface area contributed by atoms with Gasteiger partial charge in [-0.25, -0.2) is 13.2 Å². The highest BCUT2D eigenvalue weighted by Crippen LogP contribution is 2.19. The van der Waals surface area contributed by atoms with Crippen molar-refractivity contribution in [2.24, 2.45) is 0 Å². The summed E-state index contributed by atoms with van der Waals surface area (Å²) in [7, 11) is -2.88. The number of aromatic carboxylic acids is 1. The van der Waals surface area contributed by atoms with Crippen molar-refractivity contribution in [3.63, 3.8) is 0 Å². The van der Waals surface area contributed by atoms with E-state index in [0.29, 0.717) is 12.0 Å². The second-order valence-corrected chi connectivity index (χ2v) is 6.03. The molecule has 2 N–H and O–H groups in total. The summed E-state index contributed by atoms with van der Waals surface area (Å²) in [5, 5.41) is 8.96. The molecule has 0 radical (unpaired) electrons. The van der Waals surface area contributed by atoms with E-state index in [-0.39, 0.29) is 10.5 Å². The van der Waals surface area contributed by atoms with Crippen molar-refractivity contribution in [3.05, 3.63) is 29.3 Å². The summed E-state index contributed by atoms with van der Waals surface area (Å²) in [6.07, 6.45) is 0.406. The quantitative estimate of drug-likeness (QED) is 0.751. The zero-order valence-corrected chi connectivity index (χ0v) is 12.7. The molecule has 0 aliphatic rings. The Labute approximate surface area is 123 Å². The highest BCUT2D eigenvalue weighted by Gasteiger charge is 2.25. The summed E-state index contributed by atoms with van der Waals surface area (Å²) in [4.78, 5) is 22.1. The van der Waals surface area contributed by atoms with E-state index in [9.17, 15) is 18.0 Å². The third-order valence-electron chi connectivity index (χ3n) is 2.87. The van der Waals surface area contributed by atoms with Gasteiger partial charge >= 0.3 is 11.9 Å². The zero-order chi connectivity index (χ0) is 16.2. The minimum Gasteiger partial charge on any atom is -0.478 e. The van der Waals surface area contributed by atoms with Crippen LogP contribution in [0.5, 0.6) is 0 Å². The molecule has 1 atom stereocenters. The Bertz CT molecular complexity index is 653. The Balaban J connectivity index is 3.26. The minimum absolute atomic E-state index is 0.140. The molecule has 1 aromatic carbocycles. The average Bonchev–Trinajstić information content (AvgIpc) is 2.44. The van der Waals surface area contributed by atoms with Gasteiger partial charge in [-0.3, -0.25) is 4.79 Å². The van der Waals surface area contributed by atoms with Crippen LogP contribution in [0.3, 0.4) is 0 Å².